The molecule has 0 bridgehead atoms. The zero-order chi connectivity index (χ0) is 14.5. The van der Waals surface area contributed by atoms with Crippen molar-refractivity contribution in [1.29, 1.82) is 0 Å². The van der Waals surface area contributed by atoms with Crippen molar-refractivity contribution in [2.45, 2.75) is 32.5 Å². The zero-order valence-corrected chi connectivity index (χ0v) is 10.2. The Morgan fingerprint density at radius 3 is 2.22 bits per heavy atom. The molecule has 0 unspecified atom stereocenters. The van der Waals surface area contributed by atoms with Crippen molar-refractivity contribution in [2.75, 3.05) is 13.1 Å². The van der Waals surface area contributed by atoms with Gasteiger partial charge in [0.2, 0.25) is 5.91 Å². The Labute approximate surface area is 103 Å². The van der Waals surface area contributed by atoms with E-state index in [1.165, 1.54) is 0 Å². The maximum absolute atomic E-state index is 12.2. The molecule has 0 rings (SSSR count). The van der Waals surface area contributed by atoms with E-state index in [0.29, 0.717) is 6.42 Å². The predicted molar refractivity (Wildman–Crippen MR) is 57.7 cm³/mol. The molecule has 5 nitrogen and oxygen atoms in total. The Morgan fingerprint density at radius 1 is 1.39 bits per heavy atom. The minimum Gasteiger partial charge on any atom is -0.480 e. The first kappa shape index (κ1) is 16.7. The molecule has 0 fully saturated rings. The normalized spacial score (nSPS) is 15.0. The molecule has 0 spiro atoms. The number of aliphatic carboxylic acids is 1. The molecule has 0 heterocycles. The Kier molecular flexibility index (Phi) is 6.10. The van der Waals surface area contributed by atoms with Crippen molar-refractivity contribution in [2.24, 2.45) is 11.7 Å². The van der Waals surface area contributed by atoms with Gasteiger partial charge in [-0.15, -0.1) is 0 Å². The third kappa shape index (κ3) is 5.85. The minimum atomic E-state index is -4.65. The number of hydrogen-bond acceptors (Lipinski definition) is 3. The molecule has 0 aromatic heterocycles. The quantitative estimate of drug-likeness (QED) is 0.749. The first-order chi connectivity index (χ1) is 8.08. The summed E-state index contributed by atoms with van der Waals surface area (Å²) in [7, 11) is 0. The summed E-state index contributed by atoms with van der Waals surface area (Å²) >= 11 is 0. The number of carbonyl (C=O) groups is 2. The van der Waals surface area contributed by atoms with Gasteiger partial charge in [-0.05, 0) is 5.92 Å². The van der Waals surface area contributed by atoms with Gasteiger partial charge in [-0.1, -0.05) is 20.3 Å². The van der Waals surface area contributed by atoms with Gasteiger partial charge in [-0.2, -0.15) is 13.2 Å². The van der Waals surface area contributed by atoms with Crippen LogP contribution in [-0.4, -0.2) is 47.2 Å². The van der Waals surface area contributed by atoms with Crippen molar-refractivity contribution >= 4 is 11.9 Å². The van der Waals surface area contributed by atoms with Crippen LogP contribution < -0.4 is 5.73 Å². The third-order valence-electron chi connectivity index (χ3n) is 2.55. The lowest BCUT2D eigenvalue weighted by Crippen LogP contribution is -2.51. The molecule has 18 heavy (non-hydrogen) atoms. The smallest absolute Gasteiger partial charge is 0.406 e. The highest BCUT2D eigenvalue weighted by molar-refractivity contribution is 5.85. The molecule has 0 radical (unpaired) electrons. The molecule has 8 heteroatoms. The van der Waals surface area contributed by atoms with Crippen LogP contribution in [0.3, 0.4) is 0 Å². The Balaban J connectivity index is 4.84. The van der Waals surface area contributed by atoms with Crippen LogP contribution in [-0.2, 0) is 9.59 Å². The average molecular weight is 270 g/mol. The van der Waals surface area contributed by atoms with Crippen LogP contribution in [0, 0.1) is 5.92 Å². The second kappa shape index (κ2) is 6.58. The van der Waals surface area contributed by atoms with E-state index >= 15 is 0 Å². The summed E-state index contributed by atoms with van der Waals surface area (Å²) in [5.41, 5.74) is 5.52. The van der Waals surface area contributed by atoms with Gasteiger partial charge in [0.15, 0.2) is 0 Å². The average Bonchev–Trinajstić information content (AvgIpc) is 2.22. The van der Waals surface area contributed by atoms with E-state index in [2.05, 4.69) is 0 Å². The lowest BCUT2D eigenvalue weighted by Gasteiger charge is -2.27. The number of carbonyl (C=O) groups excluding carboxylic acids is 1. The molecule has 0 saturated heterocycles. The van der Waals surface area contributed by atoms with E-state index in [1.807, 2.05) is 0 Å². The number of alkyl halides is 3. The lowest BCUT2D eigenvalue weighted by molar-refractivity contribution is -0.167. The SMILES string of the molecule is CC[C@H](C)[C@H](N)C(=O)N(CC(=O)O)CC(F)(F)F. The van der Waals surface area contributed by atoms with E-state index in [-0.39, 0.29) is 10.8 Å². The van der Waals surface area contributed by atoms with E-state index in [1.54, 1.807) is 13.8 Å². The van der Waals surface area contributed by atoms with Crippen molar-refractivity contribution in [1.82, 2.24) is 4.90 Å². The maximum Gasteiger partial charge on any atom is 0.406 e. The second-order valence-corrected chi connectivity index (χ2v) is 4.11. The molecule has 0 aliphatic rings. The van der Waals surface area contributed by atoms with Gasteiger partial charge < -0.3 is 15.7 Å². The molecule has 1 amide bonds. The van der Waals surface area contributed by atoms with E-state index in [9.17, 15) is 22.8 Å². The van der Waals surface area contributed by atoms with Gasteiger partial charge in [0.25, 0.3) is 0 Å². The van der Waals surface area contributed by atoms with Gasteiger partial charge >= 0.3 is 12.1 Å². The molecule has 0 aromatic rings. The number of carboxylic acids is 1. The Bertz CT molecular complexity index is 307. The number of rotatable bonds is 6. The number of nitrogens with two attached hydrogens (primary N) is 1. The van der Waals surface area contributed by atoms with E-state index in [4.69, 9.17) is 10.8 Å². The molecule has 106 valence electrons. The molecule has 0 aromatic carbocycles. The fraction of sp³-hybridized carbons (Fsp3) is 0.800. The molecular formula is C10H17F3N2O3. The Hall–Kier alpha value is -1.31. The summed E-state index contributed by atoms with van der Waals surface area (Å²) in [6.45, 7) is 0.739. The van der Waals surface area contributed by atoms with Gasteiger partial charge in [0, 0.05) is 0 Å². The molecule has 2 atom stereocenters. The molecular weight excluding hydrogens is 253 g/mol. The van der Waals surface area contributed by atoms with E-state index < -0.39 is 37.2 Å². The maximum atomic E-state index is 12.2. The van der Waals surface area contributed by atoms with Crippen LogP contribution >= 0.6 is 0 Å². The van der Waals surface area contributed by atoms with Crippen LogP contribution in [0.25, 0.3) is 0 Å². The molecule has 0 aliphatic carbocycles. The minimum absolute atomic E-state index is 0.221. The molecule has 0 aliphatic heterocycles. The summed E-state index contributed by atoms with van der Waals surface area (Å²) in [6, 6.07) is -1.13. The van der Waals surface area contributed by atoms with Crippen molar-refractivity contribution < 1.29 is 27.9 Å². The highest BCUT2D eigenvalue weighted by atomic mass is 19.4. The van der Waals surface area contributed by atoms with Crippen LogP contribution in [0.5, 0.6) is 0 Å². The molecule has 0 saturated carbocycles. The lowest BCUT2D eigenvalue weighted by atomic mass is 9.99. The van der Waals surface area contributed by atoms with Gasteiger partial charge in [0.05, 0.1) is 6.04 Å². The van der Waals surface area contributed by atoms with Crippen molar-refractivity contribution in [3.8, 4) is 0 Å². The van der Waals surface area contributed by atoms with Crippen LogP contribution in [0.2, 0.25) is 0 Å². The van der Waals surface area contributed by atoms with Crippen molar-refractivity contribution in [3.63, 3.8) is 0 Å². The summed E-state index contributed by atoms with van der Waals surface area (Å²) in [5.74, 6) is -2.82. The summed E-state index contributed by atoms with van der Waals surface area (Å²) in [6.07, 6.45) is -4.14. The first-order valence-electron chi connectivity index (χ1n) is 5.41. The second-order valence-electron chi connectivity index (χ2n) is 4.11. The fourth-order valence-corrected chi connectivity index (χ4v) is 1.30. The van der Waals surface area contributed by atoms with Gasteiger partial charge in [-0.25, -0.2) is 0 Å². The topological polar surface area (TPSA) is 83.6 Å². The fourth-order valence-electron chi connectivity index (χ4n) is 1.30. The number of amides is 1. The largest absolute Gasteiger partial charge is 0.480 e. The summed E-state index contributed by atoms with van der Waals surface area (Å²) < 4.78 is 36.7. The summed E-state index contributed by atoms with van der Waals surface area (Å²) in [5, 5.41) is 8.51. The van der Waals surface area contributed by atoms with E-state index in [0.717, 1.165) is 0 Å². The third-order valence-corrected chi connectivity index (χ3v) is 2.55. The summed E-state index contributed by atoms with van der Waals surface area (Å²) in [4.78, 5) is 22.4. The highest BCUT2D eigenvalue weighted by Crippen LogP contribution is 2.18. The van der Waals surface area contributed by atoms with Crippen LogP contribution in [0.4, 0.5) is 13.2 Å². The monoisotopic (exact) mass is 270 g/mol. The number of hydrogen-bond donors (Lipinski definition) is 2. The standard InChI is InChI=1S/C10H17F3N2O3/c1-3-6(2)8(14)9(18)15(4-7(16)17)5-10(11,12)13/h6,8H,3-5,14H2,1-2H3,(H,16,17)/t6-,8-/m0/s1. The number of halogens is 3. The first-order valence-corrected chi connectivity index (χ1v) is 5.41. The van der Waals surface area contributed by atoms with Crippen molar-refractivity contribution in [3.05, 3.63) is 0 Å². The predicted octanol–water partition coefficient (Wildman–Crippen LogP) is 0.835. The number of nitrogens with zero attached hydrogens (tertiary/aromatic N) is 1. The zero-order valence-electron chi connectivity index (χ0n) is 10.2. The van der Waals surface area contributed by atoms with Gasteiger partial charge in [0.1, 0.15) is 13.1 Å². The Morgan fingerprint density at radius 2 is 1.89 bits per heavy atom. The van der Waals surface area contributed by atoms with Gasteiger partial charge in [-0.3, -0.25) is 9.59 Å². The molecule has 3 N–H and O–H groups in total. The highest BCUT2D eigenvalue weighted by Gasteiger charge is 2.36. The number of carboxylic acid groups (broad SMARTS) is 1. The van der Waals surface area contributed by atoms with Crippen LogP contribution in [0.15, 0.2) is 0 Å². The van der Waals surface area contributed by atoms with Crippen LogP contribution in [0.1, 0.15) is 20.3 Å².